The predicted molar refractivity (Wildman–Crippen MR) is 104 cm³/mol. The van der Waals surface area contributed by atoms with Gasteiger partial charge in [-0.2, -0.15) is 0 Å². The maximum absolute atomic E-state index is 13.1. The van der Waals surface area contributed by atoms with Crippen molar-refractivity contribution < 1.29 is 19.1 Å². The molecule has 0 saturated carbocycles. The van der Waals surface area contributed by atoms with E-state index in [9.17, 15) is 14.9 Å². The van der Waals surface area contributed by atoms with Gasteiger partial charge in [-0.1, -0.05) is 6.07 Å². The molecule has 0 bridgehead atoms. The zero-order valence-electron chi connectivity index (χ0n) is 15.6. The number of aromatic nitrogens is 1. The van der Waals surface area contributed by atoms with Crippen molar-refractivity contribution in [3.8, 4) is 28.5 Å². The number of pyridine rings is 1. The Labute approximate surface area is 160 Å². The highest BCUT2D eigenvalue weighted by atomic mass is 16.6. The third kappa shape index (κ3) is 2.41. The standard InChI is InChI=1S/C20H18N2O6/c1-26-16-9-11-7-8-21-15(17(11)19(28-3)18(16)27-2)10-13-12(20(21)23)5-4-6-14(13)22(24)25/h4-6,9-10H,7-8H2,1-3H3. The largest absolute Gasteiger partial charge is 0.493 e. The van der Waals surface area contributed by atoms with Crippen LogP contribution in [0.4, 0.5) is 5.69 Å². The maximum atomic E-state index is 13.1. The predicted octanol–water partition coefficient (Wildman–Crippen LogP) is 3.16. The SMILES string of the molecule is COc1cc2c(c(OC)c1OC)-c1cc3c([N+](=O)[O-])cccc3c(=O)n1CC2. The number of hydrogen-bond donors (Lipinski definition) is 0. The maximum Gasteiger partial charge on any atom is 0.277 e. The molecule has 28 heavy (non-hydrogen) atoms. The van der Waals surface area contributed by atoms with Crippen LogP contribution in [0.3, 0.4) is 0 Å². The average molecular weight is 382 g/mol. The van der Waals surface area contributed by atoms with Gasteiger partial charge in [-0.15, -0.1) is 0 Å². The number of non-ortho nitro benzene ring substituents is 1. The van der Waals surface area contributed by atoms with Crippen LogP contribution in [0.5, 0.6) is 17.2 Å². The highest BCUT2D eigenvalue weighted by molar-refractivity contribution is 5.94. The summed E-state index contributed by atoms with van der Waals surface area (Å²) in [4.78, 5) is 24.1. The molecule has 144 valence electrons. The van der Waals surface area contributed by atoms with Crippen LogP contribution in [0.1, 0.15) is 5.56 Å². The Bertz CT molecular complexity index is 1180. The van der Waals surface area contributed by atoms with Gasteiger partial charge in [0, 0.05) is 18.2 Å². The van der Waals surface area contributed by atoms with Crippen molar-refractivity contribution in [2.45, 2.75) is 13.0 Å². The Balaban J connectivity index is 2.14. The van der Waals surface area contributed by atoms with Gasteiger partial charge in [0.1, 0.15) is 0 Å². The van der Waals surface area contributed by atoms with Crippen LogP contribution in [0.25, 0.3) is 22.0 Å². The number of fused-ring (bicyclic) bond motifs is 4. The van der Waals surface area contributed by atoms with Crippen LogP contribution < -0.4 is 19.8 Å². The summed E-state index contributed by atoms with van der Waals surface area (Å²) in [5.74, 6) is 1.37. The highest BCUT2D eigenvalue weighted by Crippen LogP contribution is 2.48. The molecule has 0 atom stereocenters. The lowest BCUT2D eigenvalue weighted by Crippen LogP contribution is -2.26. The van der Waals surface area contributed by atoms with Gasteiger partial charge in [0.25, 0.3) is 11.2 Å². The normalized spacial score (nSPS) is 12.2. The number of nitrogens with zero attached hydrogens (tertiary/aromatic N) is 2. The van der Waals surface area contributed by atoms with Crippen molar-refractivity contribution in [1.29, 1.82) is 0 Å². The van der Waals surface area contributed by atoms with Crippen LogP contribution in [0.15, 0.2) is 35.1 Å². The van der Waals surface area contributed by atoms with E-state index in [0.29, 0.717) is 52.2 Å². The fraction of sp³-hybridized carbons (Fsp3) is 0.250. The van der Waals surface area contributed by atoms with E-state index in [1.54, 1.807) is 23.8 Å². The molecule has 1 aromatic heterocycles. The molecular weight excluding hydrogens is 364 g/mol. The molecule has 0 amide bonds. The van der Waals surface area contributed by atoms with Gasteiger partial charge in [-0.25, -0.2) is 0 Å². The van der Waals surface area contributed by atoms with E-state index in [2.05, 4.69) is 0 Å². The van der Waals surface area contributed by atoms with Gasteiger partial charge in [0.15, 0.2) is 11.5 Å². The third-order valence-corrected chi connectivity index (χ3v) is 5.10. The summed E-state index contributed by atoms with van der Waals surface area (Å²) in [6.45, 7) is 0.457. The van der Waals surface area contributed by atoms with E-state index >= 15 is 0 Å². The number of hydrogen-bond acceptors (Lipinski definition) is 6. The lowest BCUT2D eigenvalue weighted by atomic mass is 9.93. The Morgan fingerprint density at radius 2 is 1.79 bits per heavy atom. The van der Waals surface area contributed by atoms with Crippen molar-refractivity contribution in [2.24, 2.45) is 0 Å². The van der Waals surface area contributed by atoms with Gasteiger partial charge in [0.2, 0.25) is 5.75 Å². The van der Waals surface area contributed by atoms with Gasteiger partial charge < -0.3 is 18.8 Å². The molecule has 0 N–H and O–H groups in total. The molecule has 2 heterocycles. The van der Waals surface area contributed by atoms with Crippen molar-refractivity contribution in [3.05, 3.63) is 56.4 Å². The fourth-order valence-electron chi connectivity index (χ4n) is 3.87. The Kier molecular flexibility index (Phi) is 4.18. The molecule has 1 aliphatic rings. The molecule has 3 aromatic rings. The van der Waals surface area contributed by atoms with Crippen LogP contribution in [-0.4, -0.2) is 30.8 Å². The Morgan fingerprint density at radius 1 is 1.04 bits per heavy atom. The number of aryl methyl sites for hydroxylation is 1. The summed E-state index contributed by atoms with van der Waals surface area (Å²) in [5.41, 5.74) is 1.80. The van der Waals surface area contributed by atoms with Crippen LogP contribution in [-0.2, 0) is 13.0 Å². The summed E-state index contributed by atoms with van der Waals surface area (Å²) in [7, 11) is 4.56. The van der Waals surface area contributed by atoms with E-state index in [-0.39, 0.29) is 11.2 Å². The second-order valence-electron chi connectivity index (χ2n) is 6.41. The summed E-state index contributed by atoms with van der Waals surface area (Å²) in [6, 6.07) is 8.07. The van der Waals surface area contributed by atoms with E-state index < -0.39 is 4.92 Å². The lowest BCUT2D eigenvalue weighted by Gasteiger charge is -2.26. The second kappa shape index (κ2) is 6.56. The summed E-state index contributed by atoms with van der Waals surface area (Å²) < 4.78 is 18.1. The first kappa shape index (κ1) is 17.8. The van der Waals surface area contributed by atoms with Crippen molar-refractivity contribution in [1.82, 2.24) is 4.57 Å². The third-order valence-electron chi connectivity index (χ3n) is 5.10. The molecule has 0 aliphatic carbocycles. The van der Waals surface area contributed by atoms with Gasteiger partial charge in [-0.3, -0.25) is 14.9 Å². The first-order chi connectivity index (χ1) is 13.5. The smallest absolute Gasteiger partial charge is 0.277 e. The molecule has 0 fully saturated rings. The Hall–Kier alpha value is -3.55. The molecule has 0 saturated heterocycles. The molecule has 8 nitrogen and oxygen atoms in total. The molecular formula is C20H18N2O6. The van der Waals surface area contributed by atoms with E-state index in [0.717, 1.165) is 5.56 Å². The molecule has 0 radical (unpaired) electrons. The number of benzene rings is 2. The number of nitro benzene ring substituents is 1. The number of nitro groups is 1. The molecule has 0 unspecified atom stereocenters. The van der Waals surface area contributed by atoms with Crippen molar-refractivity contribution in [3.63, 3.8) is 0 Å². The van der Waals surface area contributed by atoms with E-state index in [1.807, 2.05) is 6.07 Å². The van der Waals surface area contributed by atoms with Crippen LogP contribution in [0, 0.1) is 10.1 Å². The summed E-state index contributed by atoms with van der Waals surface area (Å²) in [6.07, 6.45) is 0.597. The molecule has 4 rings (SSSR count). The lowest BCUT2D eigenvalue weighted by molar-refractivity contribution is -0.383. The van der Waals surface area contributed by atoms with Crippen molar-refractivity contribution in [2.75, 3.05) is 21.3 Å². The molecule has 1 aliphatic heterocycles. The fourth-order valence-corrected chi connectivity index (χ4v) is 3.87. The number of methoxy groups -OCH3 is 3. The number of rotatable bonds is 4. The zero-order chi connectivity index (χ0) is 20.0. The first-order valence-electron chi connectivity index (χ1n) is 8.65. The Morgan fingerprint density at radius 3 is 2.43 bits per heavy atom. The van der Waals surface area contributed by atoms with Gasteiger partial charge >= 0.3 is 0 Å². The van der Waals surface area contributed by atoms with Crippen LogP contribution >= 0.6 is 0 Å². The van der Waals surface area contributed by atoms with E-state index in [1.165, 1.54) is 26.4 Å². The van der Waals surface area contributed by atoms with Crippen LogP contribution in [0.2, 0.25) is 0 Å². The highest BCUT2D eigenvalue weighted by Gasteiger charge is 2.28. The summed E-state index contributed by atoms with van der Waals surface area (Å²) >= 11 is 0. The minimum atomic E-state index is -0.478. The average Bonchev–Trinajstić information content (AvgIpc) is 2.71. The van der Waals surface area contributed by atoms with Gasteiger partial charge in [-0.05, 0) is 30.2 Å². The molecule has 2 aromatic carbocycles. The topological polar surface area (TPSA) is 92.8 Å². The zero-order valence-corrected chi connectivity index (χ0v) is 15.6. The molecule has 0 spiro atoms. The van der Waals surface area contributed by atoms with Gasteiger partial charge in [0.05, 0.1) is 42.7 Å². The quantitative estimate of drug-likeness (QED) is 0.508. The minimum Gasteiger partial charge on any atom is -0.493 e. The molecule has 8 heteroatoms. The minimum absolute atomic E-state index is 0.107. The first-order valence-corrected chi connectivity index (χ1v) is 8.65. The van der Waals surface area contributed by atoms with Crippen molar-refractivity contribution >= 4 is 16.5 Å². The monoisotopic (exact) mass is 382 g/mol. The second-order valence-corrected chi connectivity index (χ2v) is 6.41. The number of ether oxygens (including phenoxy) is 3. The van der Waals surface area contributed by atoms with E-state index in [4.69, 9.17) is 14.2 Å². The summed E-state index contributed by atoms with van der Waals surface area (Å²) in [5, 5.41) is 12.1.